The van der Waals surface area contributed by atoms with E-state index in [0.717, 1.165) is 32.1 Å². The number of rotatable bonds is 3. The first kappa shape index (κ1) is 20.6. The molecule has 5 nitrogen and oxygen atoms in total. The monoisotopic (exact) mass is 414 g/mol. The molecule has 0 heterocycles. The molecule has 3 fully saturated rings. The maximum absolute atomic E-state index is 12.6. The molecule has 0 spiro atoms. The molecule has 0 bridgehead atoms. The van der Waals surface area contributed by atoms with Crippen LogP contribution >= 0.6 is 0 Å². The van der Waals surface area contributed by atoms with Crippen LogP contribution in [0.3, 0.4) is 0 Å². The lowest BCUT2D eigenvalue weighted by Crippen LogP contribution is -2.63. The molecule has 0 aromatic heterocycles. The van der Waals surface area contributed by atoms with Gasteiger partial charge in [0, 0.05) is 17.8 Å². The van der Waals surface area contributed by atoms with Gasteiger partial charge in [0.05, 0.1) is 6.10 Å². The third kappa shape index (κ3) is 2.46. The predicted octanol–water partition coefficient (Wildman–Crippen LogP) is 2.73. The van der Waals surface area contributed by atoms with Crippen LogP contribution < -0.4 is 0 Å². The number of carbonyl (C=O) groups excluding carboxylic acids is 2. The molecule has 0 amide bonds. The second-order valence-electron chi connectivity index (χ2n) is 11.1. The van der Waals surface area contributed by atoms with Crippen molar-refractivity contribution < 1.29 is 24.9 Å². The summed E-state index contributed by atoms with van der Waals surface area (Å²) in [5.41, 5.74) is 0.118. The van der Waals surface area contributed by atoms with Gasteiger partial charge in [0.15, 0.2) is 11.6 Å². The van der Waals surface area contributed by atoms with Gasteiger partial charge in [0.25, 0.3) is 0 Å². The van der Waals surface area contributed by atoms with Crippen molar-refractivity contribution >= 4 is 11.6 Å². The number of allylic oxidation sites excluding steroid dienone is 3. The van der Waals surface area contributed by atoms with E-state index in [4.69, 9.17) is 0 Å². The summed E-state index contributed by atoms with van der Waals surface area (Å²) >= 11 is 0. The number of ketones is 2. The molecular formula is C25H34O5. The van der Waals surface area contributed by atoms with E-state index in [2.05, 4.69) is 13.0 Å². The van der Waals surface area contributed by atoms with Gasteiger partial charge in [-0.15, -0.1) is 0 Å². The van der Waals surface area contributed by atoms with Crippen molar-refractivity contribution in [2.24, 2.45) is 34.5 Å². The Kier molecular flexibility index (Phi) is 4.53. The first-order valence-corrected chi connectivity index (χ1v) is 11.6. The lowest BCUT2D eigenvalue weighted by molar-refractivity contribution is -0.184. The van der Waals surface area contributed by atoms with Gasteiger partial charge in [-0.2, -0.15) is 0 Å². The van der Waals surface area contributed by atoms with Gasteiger partial charge < -0.3 is 15.3 Å². The van der Waals surface area contributed by atoms with Crippen LogP contribution in [-0.4, -0.2) is 45.2 Å². The summed E-state index contributed by atoms with van der Waals surface area (Å²) < 4.78 is 0. The summed E-state index contributed by atoms with van der Waals surface area (Å²) in [4.78, 5) is 24.9. The summed E-state index contributed by atoms with van der Waals surface area (Å²) in [6, 6.07) is 0. The first-order chi connectivity index (χ1) is 14.2. The van der Waals surface area contributed by atoms with E-state index in [1.54, 1.807) is 0 Å². The number of hydrogen-bond donors (Lipinski definition) is 3. The molecule has 5 heteroatoms. The zero-order valence-electron chi connectivity index (χ0n) is 18.1. The summed E-state index contributed by atoms with van der Waals surface area (Å²) in [5.74, 6) is 0.295. The standard InChI is InChI=1S/C25H34O5/c1-23-8-6-15(27)10-19(23)16(14-4-3-5-14)11-17-18-7-9-25(30,21(29)13-26)24(18,2)12-20(28)22(17)23/h4,10,16-18,20,22,26,28,30H,3,5-9,11-13H2,1-2H3/t16?,17?,18?,20?,22?,23-,24-,25-/m0/s1. The average molecular weight is 415 g/mol. The van der Waals surface area contributed by atoms with E-state index in [1.165, 1.54) is 11.1 Å². The SMILES string of the molecule is C[C@]12CCC(=O)C=C1C(C1=CCC1)CC1C2C(O)C[C@@]2(C)C1CC[C@]2(O)C(=O)CO. The Morgan fingerprint density at radius 3 is 2.60 bits per heavy atom. The Hall–Kier alpha value is -1.30. The van der Waals surface area contributed by atoms with Gasteiger partial charge in [0.2, 0.25) is 0 Å². The van der Waals surface area contributed by atoms with Gasteiger partial charge in [-0.25, -0.2) is 0 Å². The molecule has 0 saturated heterocycles. The zero-order valence-corrected chi connectivity index (χ0v) is 18.1. The number of Topliss-reactive ketones (excluding diaryl/α,β-unsaturated/α-hetero) is 1. The third-order valence-corrected chi connectivity index (χ3v) is 9.98. The van der Waals surface area contributed by atoms with Crippen molar-refractivity contribution in [1.29, 1.82) is 0 Å². The topological polar surface area (TPSA) is 94.8 Å². The second kappa shape index (κ2) is 6.60. The third-order valence-electron chi connectivity index (χ3n) is 9.98. The molecule has 0 aromatic rings. The largest absolute Gasteiger partial charge is 0.393 e. The fraction of sp³-hybridized carbons (Fsp3) is 0.760. The lowest BCUT2D eigenvalue weighted by Gasteiger charge is -2.62. The van der Waals surface area contributed by atoms with Gasteiger partial charge in [0.1, 0.15) is 12.2 Å². The second-order valence-corrected chi connectivity index (χ2v) is 11.1. The van der Waals surface area contributed by atoms with Crippen LogP contribution in [0.15, 0.2) is 23.3 Å². The molecule has 5 aliphatic carbocycles. The predicted molar refractivity (Wildman–Crippen MR) is 111 cm³/mol. The van der Waals surface area contributed by atoms with Crippen LogP contribution in [0.5, 0.6) is 0 Å². The Bertz CT molecular complexity index is 858. The van der Waals surface area contributed by atoms with E-state index in [1.807, 2.05) is 13.0 Å². The van der Waals surface area contributed by atoms with Crippen molar-refractivity contribution in [3.05, 3.63) is 23.3 Å². The molecule has 3 N–H and O–H groups in total. The maximum Gasteiger partial charge on any atom is 0.190 e. The minimum Gasteiger partial charge on any atom is -0.393 e. The highest BCUT2D eigenvalue weighted by molar-refractivity contribution is 5.92. The first-order valence-electron chi connectivity index (χ1n) is 11.6. The fourth-order valence-corrected chi connectivity index (χ4v) is 8.35. The molecule has 5 unspecified atom stereocenters. The lowest BCUT2D eigenvalue weighted by atomic mass is 9.43. The summed E-state index contributed by atoms with van der Waals surface area (Å²) in [6.45, 7) is 3.53. The van der Waals surface area contributed by atoms with E-state index >= 15 is 0 Å². The number of hydrogen-bond acceptors (Lipinski definition) is 5. The minimum atomic E-state index is -1.57. The van der Waals surface area contributed by atoms with Crippen molar-refractivity contribution in [1.82, 2.24) is 0 Å². The van der Waals surface area contributed by atoms with Crippen molar-refractivity contribution in [3.63, 3.8) is 0 Å². The maximum atomic E-state index is 12.6. The van der Waals surface area contributed by atoms with Gasteiger partial charge in [-0.1, -0.05) is 31.1 Å². The van der Waals surface area contributed by atoms with Gasteiger partial charge >= 0.3 is 0 Å². The van der Waals surface area contributed by atoms with Crippen LogP contribution in [0, 0.1) is 34.5 Å². The molecule has 164 valence electrons. The van der Waals surface area contributed by atoms with Crippen LogP contribution in [0.4, 0.5) is 0 Å². The summed E-state index contributed by atoms with van der Waals surface area (Å²) in [7, 11) is 0. The van der Waals surface area contributed by atoms with Crippen molar-refractivity contribution in [2.45, 2.75) is 76.9 Å². The number of aliphatic hydroxyl groups excluding tert-OH is 2. The molecule has 8 atom stereocenters. The highest BCUT2D eigenvalue weighted by Gasteiger charge is 2.69. The highest BCUT2D eigenvalue weighted by Crippen LogP contribution is 2.69. The Morgan fingerprint density at radius 2 is 1.97 bits per heavy atom. The fourth-order valence-electron chi connectivity index (χ4n) is 8.35. The summed E-state index contributed by atoms with van der Waals surface area (Å²) in [6.07, 6.45) is 9.34. The minimum absolute atomic E-state index is 0.0402. The Balaban J connectivity index is 1.60. The number of carbonyl (C=O) groups is 2. The average Bonchev–Trinajstić information content (AvgIpc) is 2.92. The molecule has 0 radical (unpaired) electrons. The van der Waals surface area contributed by atoms with Crippen LogP contribution in [0.25, 0.3) is 0 Å². The molecule has 5 rings (SSSR count). The van der Waals surface area contributed by atoms with E-state index in [-0.39, 0.29) is 34.9 Å². The van der Waals surface area contributed by atoms with Crippen molar-refractivity contribution in [2.75, 3.05) is 6.61 Å². The van der Waals surface area contributed by atoms with Crippen LogP contribution in [0.2, 0.25) is 0 Å². The smallest absolute Gasteiger partial charge is 0.190 e. The Labute approximate surface area is 178 Å². The zero-order chi connectivity index (χ0) is 21.5. The normalized spacial score (nSPS) is 49.9. The van der Waals surface area contributed by atoms with Gasteiger partial charge in [-0.05, 0) is 74.2 Å². The Morgan fingerprint density at radius 1 is 1.23 bits per heavy atom. The van der Waals surface area contributed by atoms with Gasteiger partial charge in [-0.3, -0.25) is 9.59 Å². The molecule has 3 saturated carbocycles. The molecule has 5 aliphatic rings. The molecular weight excluding hydrogens is 380 g/mol. The van der Waals surface area contributed by atoms with E-state index < -0.39 is 29.5 Å². The van der Waals surface area contributed by atoms with E-state index in [0.29, 0.717) is 19.3 Å². The van der Waals surface area contributed by atoms with Crippen LogP contribution in [-0.2, 0) is 9.59 Å². The molecule has 30 heavy (non-hydrogen) atoms. The molecule has 0 aromatic carbocycles. The summed E-state index contributed by atoms with van der Waals surface area (Å²) in [5, 5.41) is 32.4. The quantitative estimate of drug-likeness (QED) is 0.617. The molecule has 0 aliphatic heterocycles. The van der Waals surface area contributed by atoms with Crippen LogP contribution in [0.1, 0.15) is 65.2 Å². The number of fused-ring (bicyclic) bond motifs is 5. The number of aliphatic hydroxyl groups is 3. The van der Waals surface area contributed by atoms with Crippen molar-refractivity contribution in [3.8, 4) is 0 Å². The highest BCUT2D eigenvalue weighted by atomic mass is 16.3. The van der Waals surface area contributed by atoms with E-state index in [9.17, 15) is 24.9 Å².